The molecule has 3 aromatic carbocycles. The van der Waals surface area contributed by atoms with Crippen molar-refractivity contribution in [3.05, 3.63) is 118 Å². The van der Waals surface area contributed by atoms with Crippen LogP contribution in [0.5, 0.6) is 0 Å². The van der Waals surface area contributed by atoms with Crippen molar-refractivity contribution in [1.29, 1.82) is 0 Å². The van der Waals surface area contributed by atoms with Crippen molar-refractivity contribution in [2.75, 3.05) is 0 Å². The van der Waals surface area contributed by atoms with E-state index in [2.05, 4.69) is 30.3 Å². The quantitative estimate of drug-likeness (QED) is 0.473. The second-order valence-corrected chi connectivity index (χ2v) is 5.80. The van der Waals surface area contributed by atoms with Gasteiger partial charge in [0, 0.05) is 6.07 Å². The van der Waals surface area contributed by atoms with Crippen molar-refractivity contribution in [3.8, 4) is 0 Å². The molecule has 2 nitrogen and oxygen atoms in total. The third kappa shape index (κ3) is 3.02. The van der Waals surface area contributed by atoms with E-state index in [1.54, 1.807) is 0 Å². The fourth-order valence-electron chi connectivity index (χ4n) is 3.01. The minimum Gasteiger partial charge on any atom is -0.464 e. The molecule has 2 heteroatoms. The molecule has 4 aromatic rings. The van der Waals surface area contributed by atoms with Crippen molar-refractivity contribution in [2.45, 2.75) is 0 Å². The molecule has 0 unspecified atom stereocenters. The summed E-state index contributed by atoms with van der Waals surface area (Å²) in [6, 6.07) is 27.4. The summed E-state index contributed by atoms with van der Waals surface area (Å²) in [5.74, 6) is 0. The Morgan fingerprint density at radius 3 is 2.24 bits per heavy atom. The van der Waals surface area contributed by atoms with Crippen LogP contribution in [0.4, 0.5) is 0 Å². The predicted octanol–water partition coefficient (Wildman–Crippen LogP) is 5.38. The zero-order valence-electron chi connectivity index (χ0n) is 13.6. The van der Waals surface area contributed by atoms with Gasteiger partial charge in [0.15, 0.2) is 5.43 Å². The molecule has 0 spiro atoms. The Hall–Kier alpha value is -3.39. The molecule has 25 heavy (non-hydrogen) atoms. The third-order valence-corrected chi connectivity index (χ3v) is 4.17. The maximum atomic E-state index is 12.5. The molecule has 4 rings (SSSR count). The first-order valence-electron chi connectivity index (χ1n) is 8.16. The van der Waals surface area contributed by atoms with Gasteiger partial charge in [0.1, 0.15) is 5.58 Å². The Labute approximate surface area is 145 Å². The molecule has 0 saturated carbocycles. The van der Waals surface area contributed by atoms with Gasteiger partial charge in [-0.05, 0) is 34.4 Å². The lowest BCUT2D eigenvalue weighted by molar-refractivity contribution is 0.602. The first-order chi connectivity index (χ1) is 12.3. The van der Waals surface area contributed by atoms with Crippen LogP contribution in [0.3, 0.4) is 0 Å². The summed E-state index contributed by atoms with van der Waals surface area (Å²) in [6.07, 6.45) is 3.55. The first-order valence-corrected chi connectivity index (χ1v) is 8.16. The van der Waals surface area contributed by atoms with E-state index in [1.165, 1.54) is 12.3 Å². The van der Waals surface area contributed by atoms with E-state index in [9.17, 15) is 4.79 Å². The molecule has 0 aliphatic heterocycles. The van der Waals surface area contributed by atoms with E-state index in [0.29, 0.717) is 11.0 Å². The number of benzene rings is 3. The van der Waals surface area contributed by atoms with Crippen LogP contribution in [0.25, 0.3) is 22.6 Å². The van der Waals surface area contributed by atoms with Gasteiger partial charge in [-0.2, -0.15) is 0 Å². The van der Waals surface area contributed by atoms with Gasteiger partial charge in [-0.25, -0.2) is 0 Å². The highest BCUT2D eigenvalue weighted by atomic mass is 16.3. The summed E-state index contributed by atoms with van der Waals surface area (Å²) < 4.78 is 5.54. The summed E-state index contributed by atoms with van der Waals surface area (Å²) in [5.41, 5.74) is 4.57. The van der Waals surface area contributed by atoms with Gasteiger partial charge in [0.25, 0.3) is 0 Å². The standard InChI is InChI=1S/C23H16O2/c24-21-14-15-25-22-13-7-12-19(23(21)22)20(18-10-5-2-6-11-18)16-17-8-3-1-4-9-17/h1-16H/b20-16+. The van der Waals surface area contributed by atoms with Gasteiger partial charge in [-0.3, -0.25) is 4.79 Å². The molecular formula is C23H16O2. The Kier molecular flexibility index (Phi) is 4.01. The topological polar surface area (TPSA) is 30.2 Å². The lowest BCUT2D eigenvalue weighted by Crippen LogP contribution is -2.02. The maximum Gasteiger partial charge on any atom is 0.193 e. The molecule has 0 radical (unpaired) electrons. The van der Waals surface area contributed by atoms with E-state index in [1.807, 2.05) is 54.6 Å². The predicted molar refractivity (Wildman–Crippen MR) is 102 cm³/mol. The second-order valence-electron chi connectivity index (χ2n) is 5.80. The molecule has 120 valence electrons. The van der Waals surface area contributed by atoms with Crippen LogP contribution >= 0.6 is 0 Å². The summed E-state index contributed by atoms with van der Waals surface area (Å²) in [4.78, 5) is 12.5. The molecule has 1 aromatic heterocycles. The highest BCUT2D eigenvalue weighted by Crippen LogP contribution is 2.30. The van der Waals surface area contributed by atoms with E-state index < -0.39 is 0 Å². The van der Waals surface area contributed by atoms with Gasteiger partial charge in [-0.1, -0.05) is 72.8 Å². The van der Waals surface area contributed by atoms with Crippen LogP contribution in [0.2, 0.25) is 0 Å². The normalized spacial score (nSPS) is 11.6. The van der Waals surface area contributed by atoms with Crippen LogP contribution in [-0.2, 0) is 0 Å². The van der Waals surface area contributed by atoms with Crippen LogP contribution < -0.4 is 5.43 Å². The Morgan fingerprint density at radius 2 is 1.48 bits per heavy atom. The fraction of sp³-hybridized carbons (Fsp3) is 0. The molecule has 0 aliphatic rings. The maximum absolute atomic E-state index is 12.5. The zero-order valence-corrected chi connectivity index (χ0v) is 13.6. The first kappa shape index (κ1) is 15.2. The van der Waals surface area contributed by atoms with Crippen LogP contribution in [0.15, 0.2) is 100 Å². The average Bonchev–Trinajstić information content (AvgIpc) is 2.67. The van der Waals surface area contributed by atoms with Crippen LogP contribution in [0.1, 0.15) is 16.7 Å². The third-order valence-electron chi connectivity index (χ3n) is 4.17. The van der Waals surface area contributed by atoms with Crippen molar-refractivity contribution in [1.82, 2.24) is 0 Å². The number of rotatable bonds is 3. The molecule has 0 bridgehead atoms. The highest BCUT2D eigenvalue weighted by molar-refractivity contribution is 6.00. The number of hydrogen-bond donors (Lipinski definition) is 0. The largest absolute Gasteiger partial charge is 0.464 e. The number of fused-ring (bicyclic) bond motifs is 1. The fourth-order valence-corrected chi connectivity index (χ4v) is 3.01. The monoisotopic (exact) mass is 324 g/mol. The molecule has 0 fully saturated rings. The zero-order chi connectivity index (χ0) is 17.1. The summed E-state index contributed by atoms with van der Waals surface area (Å²) in [7, 11) is 0. The molecule has 1 heterocycles. The summed E-state index contributed by atoms with van der Waals surface area (Å²) in [6.45, 7) is 0. The SMILES string of the molecule is O=c1ccoc2cccc(/C(=C/c3ccccc3)c3ccccc3)c12. The van der Waals surface area contributed by atoms with Crippen molar-refractivity contribution in [2.24, 2.45) is 0 Å². The molecule has 0 saturated heterocycles. The smallest absolute Gasteiger partial charge is 0.193 e. The molecule has 0 atom stereocenters. The molecule has 0 aliphatic carbocycles. The van der Waals surface area contributed by atoms with Crippen molar-refractivity contribution >= 4 is 22.6 Å². The minimum atomic E-state index is -0.0354. The van der Waals surface area contributed by atoms with Gasteiger partial charge in [-0.15, -0.1) is 0 Å². The number of hydrogen-bond acceptors (Lipinski definition) is 2. The minimum absolute atomic E-state index is 0.0354. The lowest BCUT2D eigenvalue weighted by atomic mass is 9.93. The average molecular weight is 324 g/mol. The summed E-state index contributed by atoms with van der Waals surface area (Å²) in [5, 5.41) is 0.607. The van der Waals surface area contributed by atoms with E-state index in [-0.39, 0.29) is 5.43 Å². The molecule has 0 amide bonds. The Bertz CT molecular complexity index is 1090. The Balaban J connectivity index is 2.03. The van der Waals surface area contributed by atoms with E-state index >= 15 is 0 Å². The summed E-state index contributed by atoms with van der Waals surface area (Å²) >= 11 is 0. The molecular weight excluding hydrogens is 308 g/mol. The lowest BCUT2D eigenvalue weighted by Gasteiger charge is -2.11. The Morgan fingerprint density at radius 1 is 0.760 bits per heavy atom. The highest BCUT2D eigenvalue weighted by Gasteiger charge is 2.12. The van der Waals surface area contributed by atoms with E-state index in [0.717, 1.165) is 22.3 Å². The van der Waals surface area contributed by atoms with Gasteiger partial charge >= 0.3 is 0 Å². The van der Waals surface area contributed by atoms with Gasteiger partial charge in [0.2, 0.25) is 0 Å². The van der Waals surface area contributed by atoms with Gasteiger partial charge in [0.05, 0.1) is 11.6 Å². The van der Waals surface area contributed by atoms with Crippen LogP contribution in [-0.4, -0.2) is 0 Å². The van der Waals surface area contributed by atoms with Crippen LogP contribution in [0, 0.1) is 0 Å². The van der Waals surface area contributed by atoms with Crippen molar-refractivity contribution in [3.63, 3.8) is 0 Å². The van der Waals surface area contributed by atoms with E-state index in [4.69, 9.17) is 4.42 Å². The second kappa shape index (κ2) is 6.62. The van der Waals surface area contributed by atoms with Crippen molar-refractivity contribution < 1.29 is 4.42 Å². The van der Waals surface area contributed by atoms with Gasteiger partial charge < -0.3 is 4.42 Å². The molecule has 0 N–H and O–H groups in total.